The van der Waals surface area contributed by atoms with Gasteiger partial charge in [-0.15, -0.1) is 5.70 Å². The number of hydrogen-bond acceptors (Lipinski definition) is 1. The van der Waals surface area contributed by atoms with Crippen molar-refractivity contribution >= 4 is 38.4 Å². The van der Waals surface area contributed by atoms with Crippen molar-refractivity contribution in [1.82, 2.24) is 0 Å². The molecule has 26 heavy (non-hydrogen) atoms. The van der Waals surface area contributed by atoms with E-state index in [1.54, 1.807) is 0 Å². The second-order valence-corrected chi connectivity index (χ2v) is 6.93. The van der Waals surface area contributed by atoms with Gasteiger partial charge in [-0.3, -0.25) is 0 Å². The fourth-order valence-electron chi connectivity index (χ4n) is 4.10. The van der Waals surface area contributed by atoms with E-state index in [2.05, 4.69) is 62.5 Å². The molecule has 0 radical (unpaired) electrons. The van der Waals surface area contributed by atoms with Crippen molar-refractivity contribution in [2.24, 2.45) is 0 Å². The van der Waals surface area contributed by atoms with Crippen molar-refractivity contribution in [3.63, 3.8) is 0 Å². The van der Waals surface area contributed by atoms with Crippen LogP contribution in [0.2, 0.25) is 0 Å². The Hall–Kier alpha value is -3.04. The van der Waals surface area contributed by atoms with Crippen LogP contribution in [0.4, 0.5) is 0 Å². The molecular formula is C23H20N2O. The molecule has 1 unspecified atom stereocenters. The summed E-state index contributed by atoms with van der Waals surface area (Å²) in [7, 11) is 2.07. The monoisotopic (exact) mass is 340 g/mol. The molecule has 2 heterocycles. The van der Waals surface area contributed by atoms with Crippen molar-refractivity contribution in [2.75, 3.05) is 7.05 Å². The van der Waals surface area contributed by atoms with E-state index in [-0.39, 0.29) is 0 Å². The Bertz CT molecular complexity index is 1240. The molecule has 0 bridgehead atoms. The van der Waals surface area contributed by atoms with Gasteiger partial charge in [0, 0.05) is 10.8 Å². The van der Waals surface area contributed by atoms with Crippen LogP contribution >= 0.6 is 0 Å². The molecule has 3 aromatic carbocycles. The normalized spacial score (nSPS) is 17.4. The fraction of sp³-hybridized carbons (Fsp3) is 0.130. The third-order valence-electron chi connectivity index (χ3n) is 5.29. The molecule has 0 amide bonds. The largest absolute Gasteiger partial charge is 0.487 e. The number of quaternary nitrogens is 1. The number of para-hydroxylation sites is 1. The Morgan fingerprint density at radius 3 is 2.31 bits per heavy atom. The minimum Gasteiger partial charge on any atom is -0.487 e. The van der Waals surface area contributed by atoms with Gasteiger partial charge >= 0.3 is 0 Å². The minimum atomic E-state index is 0.928. The van der Waals surface area contributed by atoms with Crippen LogP contribution in [0.5, 0.6) is 0 Å². The molecule has 3 heteroatoms. The zero-order chi connectivity index (χ0) is 17.8. The molecule has 128 valence electrons. The van der Waals surface area contributed by atoms with Crippen molar-refractivity contribution in [1.29, 1.82) is 0 Å². The van der Waals surface area contributed by atoms with Crippen molar-refractivity contribution in [3.05, 3.63) is 82.9 Å². The van der Waals surface area contributed by atoms with E-state index in [0.29, 0.717) is 0 Å². The second kappa shape index (κ2) is 5.48. The predicted molar refractivity (Wildman–Crippen MR) is 108 cm³/mol. The number of aryl methyl sites for hydroxylation is 1. The number of nitrogens with zero attached hydrogens (tertiary/aromatic N) is 1. The predicted octanol–water partition coefficient (Wildman–Crippen LogP) is 5.11. The third kappa shape index (κ3) is 2.04. The molecular weight excluding hydrogens is 320 g/mol. The summed E-state index contributed by atoms with van der Waals surface area (Å²) in [6.07, 6.45) is 4.24. The zero-order valence-corrected chi connectivity index (χ0v) is 15.1. The summed E-state index contributed by atoms with van der Waals surface area (Å²) in [4.78, 5) is 0. The Kier molecular flexibility index (Phi) is 3.21. The summed E-state index contributed by atoms with van der Waals surface area (Å²) >= 11 is 0. The van der Waals surface area contributed by atoms with E-state index in [4.69, 9.17) is 9.84 Å². The highest BCUT2D eigenvalue weighted by molar-refractivity contribution is 6.22. The number of nitrogens with one attached hydrogen (secondary N) is 1. The molecule has 0 saturated heterocycles. The molecule has 1 aliphatic rings. The first-order valence-corrected chi connectivity index (χ1v) is 8.92. The Morgan fingerprint density at radius 1 is 0.846 bits per heavy atom. The smallest absolute Gasteiger partial charge is 0.149 e. The van der Waals surface area contributed by atoms with Gasteiger partial charge in [0.1, 0.15) is 16.9 Å². The van der Waals surface area contributed by atoms with Gasteiger partial charge in [-0.1, -0.05) is 55.5 Å². The lowest BCUT2D eigenvalue weighted by Gasteiger charge is -2.34. The maximum Gasteiger partial charge on any atom is 0.149 e. The van der Waals surface area contributed by atoms with Gasteiger partial charge in [0.25, 0.3) is 0 Å². The van der Waals surface area contributed by atoms with Gasteiger partial charge in [-0.25, -0.2) is 0 Å². The Labute approximate surface area is 152 Å². The van der Waals surface area contributed by atoms with Crippen molar-refractivity contribution in [2.45, 2.75) is 13.8 Å². The number of benzene rings is 3. The molecule has 0 spiro atoms. The Morgan fingerprint density at radius 2 is 1.54 bits per heavy atom. The molecule has 1 aromatic heterocycles. The number of fused-ring (bicyclic) bond motifs is 5. The third-order valence-corrected chi connectivity index (χ3v) is 5.29. The number of rotatable bonds is 1. The standard InChI is InChI=1S/C23H20N2O/c1-14-12-13-19(25(3)24-14)21-15(2)16-8-4-5-9-17(16)22-18-10-6-7-11-20(18)26-23(21)22/h4-13,25H,1-3H3. The SMILES string of the molecule is CC1=CC=C(c2c(C)c3ccccc3c3c2oc2ccccc23)[NH+](C)[N-]1. The first-order chi connectivity index (χ1) is 12.6. The second-order valence-electron chi connectivity index (χ2n) is 6.93. The first-order valence-electron chi connectivity index (χ1n) is 8.92. The van der Waals surface area contributed by atoms with Gasteiger partial charge in [0.2, 0.25) is 0 Å². The highest BCUT2D eigenvalue weighted by Gasteiger charge is 2.23. The van der Waals surface area contributed by atoms with E-state index in [0.717, 1.165) is 38.5 Å². The summed E-state index contributed by atoms with van der Waals surface area (Å²) in [5.41, 5.74) is 11.1. The number of furan rings is 1. The lowest BCUT2D eigenvalue weighted by atomic mass is 9.93. The van der Waals surface area contributed by atoms with Crippen molar-refractivity contribution in [3.8, 4) is 0 Å². The molecule has 1 N–H and O–H groups in total. The molecule has 3 nitrogen and oxygen atoms in total. The maximum atomic E-state index is 6.38. The van der Waals surface area contributed by atoms with Gasteiger partial charge in [0.05, 0.1) is 12.6 Å². The van der Waals surface area contributed by atoms with Crippen LogP contribution < -0.4 is 5.01 Å². The molecule has 4 aromatic rings. The van der Waals surface area contributed by atoms with Crippen LogP contribution in [-0.2, 0) is 0 Å². The summed E-state index contributed by atoms with van der Waals surface area (Å²) in [6, 6.07) is 16.9. The molecule has 0 saturated carbocycles. The van der Waals surface area contributed by atoms with E-state index >= 15 is 0 Å². The molecule has 0 fully saturated rings. The summed E-state index contributed by atoms with van der Waals surface area (Å²) in [5, 5.41) is 5.90. The van der Waals surface area contributed by atoms with E-state index in [1.807, 2.05) is 19.1 Å². The highest BCUT2D eigenvalue weighted by atomic mass is 16.3. The van der Waals surface area contributed by atoms with E-state index in [1.165, 1.54) is 21.7 Å². The van der Waals surface area contributed by atoms with E-state index < -0.39 is 0 Å². The molecule has 1 atom stereocenters. The Balaban J connectivity index is 2.01. The van der Waals surface area contributed by atoms with Crippen LogP contribution in [0.25, 0.3) is 43.8 Å². The fourth-order valence-corrected chi connectivity index (χ4v) is 4.10. The summed E-state index contributed by atoms with van der Waals surface area (Å²) < 4.78 is 6.38. The van der Waals surface area contributed by atoms with Gasteiger partial charge in [0.15, 0.2) is 0 Å². The molecule has 1 aliphatic heterocycles. The quantitative estimate of drug-likeness (QED) is 0.513. The topological polar surface area (TPSA) is 31.7 Å². The molecule has 5 rings (SSSR count). The van der Waals surface area contributed by atoms with Crippen LogP contribution in [-0.4, -0.2) is 7.05 Å². The van der Waals surface area contributed by atoms with E-state index in [9.17, 15) is 0 Å². The number of allylic oxidation sites excluding steroid dienone is 3. The van der Waals surface area contributed by atoms with Crippen molar-refractivity contribution < 1.29 is 9.43 Å². The van der Waals surface area contributed by atoms with Crippen LogP contribution in [0.1, 0.15) is 18.1 Å². The van der Waals surface area contributed by atoms with Gasteiger partial charge in [-0.2, -0.15) is 0 Å². The number of hydrogen-bond donors (Lipinski definition) is 1. The lowest BCUT2D eigenvalue weighted by molar-refractivity contribution is -0.758. The van der Waals surface area contributed by atoms with Crippen LogP contribution in [0.15, 0.2) is 70.8 Å². The molecule has 0 aliphatic carbocycles. The van der Waals surface area contributed by atoms with Crippen LogP contribution in [0, 0.1) is 6.92 Å². The lowest BCUT2D eigenvalue weighted by Crippen LogP contribution is -3.02. The van der Waals surface area contributed by atoms with Gasteiger partial charge in [-0.05, 0) is 35.4 Å². The van der Waals surface area contributed by atoms with Gasteiger partial charge < -0.3 is 14.9 Å². The minimum absolute atomic E-state index is 0.928. The average Bonchev–Trinajstić information content (AvgIpc) is 3.03. The maximum absolute atomic E-state index is 6.38. The highest BCUT2D eigenvalue weighted by Crippen LogP contribution is 2.40. The van der Waals surface area contributed by atoms with Crippen LogP contribution in [0.3, 0.4) is 0 Å². The first kappa shape index (κ1) is 15.2. The zero-order valence-electron chi connectivity index (χ0n) is 15.1. The summed E-state index contributed by atoms with van der Waals surface area (Å²) in [6.45, 7) is 4.21. The summed E-state index contributed by atoms with van der Waals surface area (Å²) in [5.74, 6) is 0. The average molecular weight is 340 g/mol.